The molecule has 2 N–H and O–H groups in total. The van der Waals surface area contributed by atoms with Gasteiger partial charge in [0.25, 0.3) is 0 Å². The molecule has 1 aromatic heterocycles. The fourth-order valence-corrected chi connectivity index (χ4v) is 3.31. The van der Waals surface area contributed by atoms with Crippen molar-refractivity contribution in [2.75, 3.05) is 6.54 Å². The van der Waals surface area contributed by atoms with Gasteiger partial charge < -0.3 is 14.9 Å². The summed E-state index contributed by atoms with van der Waals surface area (Å²) in [7, 11) is 0. The maximum atomic E-state index is 10.3. The Kier molecular flexibility index (Phi) is 5.63. The average Bonchev–Trinajstić information content (AvgIpc) is 3.10. The Morgan fingerprint density at radius 2 is 1.92 bits per heavy atom. The van der Waals surface area contributed by atoms with Gasteiger partial charge in [0, 0.05) is 24.9 Å². The van der Waals surface area contributed by atoms with E-state index in [2.05, 4.69) is 22.4 Å². The standard InChI is InChI=1S/C19H27N3O2/c1-3-18-21-19(24-22-18)15-8-10-16(11-9-15)20-12-17(23)14-6-4-13(2)5-7-14/h4-7,15-17,20,23H,3,8-12H2,1-2H3. The first-order chi connectivity index (χ1) is 11.7. The number of aliphatic hydroxyl groups is 1. The first kappa shape index (κ1) is 17.1. The lowest BCUT2D eigenvalue weighted by atomic mass is 9.86. The third kappa shape index (κ3) is 4.22. The van der Waals surface area contributed by atoms with Crippen LogP contribution in [0.4, 0.5) is 0 Å². The van der Waals surface area contributed by atoms with Gasteiger partial charge in [-0.15, -0.1) is 0 Å². The smallest absolute Gasteiger partial charge is 0.229 e. The Hall–Kier alpha value is -1.72. The second-order valence-corrected chi connectivity index (χ2v) is 6.79. The van der Waals surface area contributed by atoms with Crippen molar-refractivity contribution >= 4 is 0 Å². The van der Waals surface area contributed by atoms with Crippen molar-refractivity contribution < 1.29 is 9.63 Å². The Labute approximate surface area is 143 Å². The molecule has 0 aliphatic heterocycles. The van der Waals surface area contributed by atoms with Gasteiger partial charge >= 0.3 is 0 Å². The molecule has 5 nitrogen and oxygen atoms in total. The van der Waals surface area contributed by atoms with Crippen molar-refractivity contribution in [2.45, 2.75) is 64.0 Å². The summed E-state index contributed by atoms with van der Waals surface area (Å²) in [5, 5.41) is 17.8. The number of aryl methyl sites for hydroxylation is 2. The lowest BCUT2D eigenvalue weighted by Crippen LogP contribution is -2.35. The molecule has 2 aromatic rings. The zero-order chi connectivity index (χ0) is 16.9. The zero-order valence-electron chi connectivity index (χ0n) is 14.5. The molecule has 24 heavy (non-hydrogen) atoms. The van der Waals surface area contributed by atoms with Crippen molar-refractivity contribution in [2.24, 2.45) is 0 Å². The van der Waals surface area contributed by atoms with Crippen LogP contribution in [-0.2, 0) is 6.42 Å². The van der Waals surface area contributed by atoms with Crippen LogP contribution in [0.1, 0.15) is 67.5 Å². The van der Waals surface area contributed by atoms with Crippen LogP contribution in [0, 0.1) is 6.92 Å². The van der Waals surface area contributed by atoms with E-state index in [1.165, 1.54) is 5.56 Å². The topological polar surface area (TPSA) is 71.2 Å². The summed E-state index contributed by atoms with van der Waals surface area (Å²) in [6, 6.07) is 8.53. The van der Waals surface area contributed by atoms with E-state index in [4.69, 9.17) is 4.52 Å². The lowest BCUT2D eigenvalue weighted by molar-refractivity contribution is 0.163. The van der Waals surface area contributed by atoms with E-state index in [9.17, 15) is 5.11 Å². The molecule has 0 spiro atoms. The van der Waals surface area contributed by atoms with Crippen LogP contribution in [0.3, 0.4) is 0 Å². The molecule has 1 unspecified atom stereocenters. The molecule has 0 saturated heterocycles. The number of nitrogens with one attached hydrogen (secondary N) is 1. The summed E-state index contributed by atoms with van der Waals surface area (Å²) in [6.07, 6.45) is 4.64. The second-order valence-electron chi connectivity index (χ2n) is 6.79. The average molecular weight is 329 g/mol. The van der Waals surface area contributed by atoms with Gasteiger partial charge in [0.05, 0.1) is 6.10 Å². The highest BCUT2D eigenvalue weighted by Gasteiger charge is 2.26. The van der Waals surface area contributed by atoms with E-state index in [0.29, 0.717) is 18.5 Å². The number of rotatable bonds is 6. The first-order valence-electron chi connectivity index (χ1n) is 8.96. The van der Waals surface area contributed by atoms with Crippen LogP contribution in [0.2, 0.25) is 0 Å². The highest BCUT2D eigenvalue weighted by Crippen LogP contribution is 2.32. The molecule has 1 saturated carbocycles. The van der Waals surface area contributed by atoms with E-state index in [-0.39, 0.29) is 0 Å². The van der Waals surface area contributed by atoms with E-state index >= 15 is 0 Å². The maximum Gasteiger partial charge on any atom is 0.229 e. The van der Waals surface area contributed by atoms with Crippen molar-refractivity contribution in [1.82, 2.24) is 15.5 Å². The number of hydrogen-bond acceptors (Lipinski definition) is 5. The number of aliphatic hydroxyl groups excluding tert-OH is 1. The van der Waals surface area contributed by atoms with Crippen molar-refractivity contribution in [3.63, 3.8) is 0 Å². The minimum atomic E-state index is -0.452. The molecular formula is C19H27N3O2. The molecule has 1 heterocycles. The first-order valence-corrected chi connectivity index (χ1v) is 8.96. The highest BCUT2D eigenvalue weighted by molar-refractivity contribution is 5.23. The van der Waals surface area contributed by atoms with Crippen molar-refractivity contribution in [3.8, 4) is 0 Å². The quantitative estimate of drug-likeness (QED) is 0.851. The van der Waals surface area contributed by atoms with E-state index in [1.807, 2.05) is 31.2 Å². The monoisotopic (exact) mass is 329 g/mol. The molecule has 0 amide bonds. The van der Waals surface area contributed by atoms with Crippen LogP contribution < -0.4 is 5.32 Å². The summed E-state index contributed by atoms with van der Waals surface area (Å²) in [5.41, 5.74) is 2.18. The molecule has 1 aromatic carbocycles. The largest absolute Gasteiger partial charge is 0.387 e. The van der Waals surface area contributed by atoms with Crippen LogP contribution in [0.15, 0.2) is 28.8 Å². The third-order valence-electron chi connectivity index (χ3n) is 4.94. The van der Waals surface area contributed by atoms with Gasteiger partial charge in [-0.3, -0.25) is 0 Å². The fraction of sp³-hybridized carbons (Fsp3) is 0.579. The van der Waals surface area contributed by atoms with Crippen molar-refractivity contribution in [1.29, 1.82) is 0 Å². The Morgan fingerprint density at radius 3 is 2.54 bits per heavy atom. The SMILES string of the molecule is CCc1noc(C2CCC(NCC(O)c3ccc(C)cc3)CC2)n1. The minimum absolute atomic E-state index is 0.387. The van der Waals surface area contributed by atoms with Gasteiger partial charge in [0.15, 0.2) is 5.82 Å². The van der Waals surface area contributed by atoms with E-state index < -0.39 is 6.10 Å². The summed E-state index contributed by atoms with van der Waals surface area (Å²) in [4.78, 5) is 4.46. The summed E-state index contributed by atoms with van der Waals surface area (Å²) >= 11 is 0. The van der Waals surface area contributed by atoms with E-state index in [1.54, 1.807) is 0 Å². The summed E-state index contributed by atoms with van der Waals surface area (Å²) in [6.45, 7) is 4.69. The van der Waals surface area contributed by atoms with Crippen LogP contribution in [0.25, 0.3) is 0 Å². The third-order valence-corrected chi connectivity index (χ3v) is 4.94. The number of nitrogens with zero attached hydrogens (tertiary/aromatic N) is 2. The lowest BCUT2D eigenvalue weighted by Gasteiger charge is -2.28. The molecule has 130 valence electrons. The Balaban J connectivity index is 1.44. The van der Waals surface area contributed by atoms with E-state index in [0.717, 1.165) is 49.4 Å². The molecule has 1 atom stereocenters. The predicted octanol–water partition coefficient (Wildman–Crippen LogP) is 3.29. The van der Waals surface area contributed by atoms with Crippen LogP contribution in [-0.4, -0.2) is 27.8 Å². The number of benzene rings is 1. The van der Waals surface area contributed by atoms with Gasteiger partial charge in [-0.25, -0.2) is 0 Å². The van der Waals surface area contributed by atoms with Gasteiger partial charge in [0.2, 0.25) is 5.89 Å². The van der Waals surface area contributed by atoms with Gasteiger partial charge in [0.1, 0.15) is 0 Å². The van der Waals surface area contributed by atoms with Gasteiger partial charge in [-0.2, -0.15) is 4.98 Å². The van der Waals surface area contributed by atoms with Gasteiger partial charge in [-0.1, -0.05) is 41.9 Å². The minimum Gasteiger partial charge on any atom is -0.387 e. The normalized spacial score (nSPS) is 22.5. The van der Waals surface area contributed by atoms with Gasteiger partial charge in [-0.05, 0) is 38.2 Å². The Bertz CT molecular complexity index is 630. The van der Waals surface area contributed by atoms with Crippen molar-refractivity contribution in [3.05, 3.63) is 47.1 Å². The second kappa shape index (κ2) is 7.90. The molecule has 1 fully saturated rings. The number of aromatic nitrogens is 2. The summed E-state index contributed by atoms with van der Waals surface area (Å²) in [5.74, 6) is 1.98. The summed E-state index contributed by atoms with van der Waals surface area (Å²) < 4.78 is 5.37. The number of hydrogen-bond donors (Lipinski definition) is 2. The molecule has 0 bridgehead atoms. The maximum absolute atomic E-state index is 10.3. The molecule has 1 aliphatic rings. The molecule has 5 heteroatoms. The molecule has 0 radical (unpaired) electrons. The molecule has 1 aliphatic carbocycles. The van der Waals surface area contributed by atoms with Crippen LogP contribution >= 0.6 is 0 Å². The predicted molar refractivity (Wildman–Crippen MR) is 92.8 cm³/mol. The zero-order valence-corrected chi connectivity index (χ0v) is 14.5. The van der Waals surface area contributed by atoms with Crippen LogP contribution in [0.5, 0.6) is 0 Å². The highest BCUT2D eigenvalue weighted by atomic mass is 16.5. The Morgan fingerprint density at radius 1 is 1.21 bits per heavy atom. The molecule has 3 rings (SSSR count). The molecular weight excluding hydrogens is 302 g/mol. The fourth-order valence-electron chi connectivity index (χ4n) is 3.31.